The van der Waals surface area contributed by atoms with Crippen LogP contribution in [-0.2, 0) is 0 Å². The molecule has 1 rings (SSSR count). The molecule has 4 nitrogen and oxygen atoms in total. The van der Waals surface area contributed by atoms with Gasteiger partial charge in [0.25, 0.3) is 5.91 Å². The van der Waals surface area contributed by atoms with Gasteiger partial charge < -0.3 is 16.2 Å². The van der Waals surface area contributed by atoms with E-state index in [-0.39, 0.29) is 12.5 Å². The third-order valence-electron chi connectivity index (χ3n) is 2.88. The molecule has 1 amide bonds. The number of carbonyl (C=O) groups excluding carboxylic acids is 1. The molecular formula is C14H22N2O2. The molecule has 18 heavy (non-hydrogen) atoms. The van der Waals surface area contributed by atoms with Crippen LogP contribution >= 0.6 is 0 Å². The predicted molar refractivity (Wildman–Crippen MR) is 73.5 cm³/mol. The van der Waals surface area contributed by atoms with Crippen molar-refractivity contribution in [2.75, 3.05) is 18.9 Å². The maximum absolute atomic E-state index is 11.9. The van der Waals surface area contributed by atoms with Crippen molar-refractivity contribution in [3.05, 3.63) is 29.3 Å². The normalized spacial score (nSPS) is 10.3. The molecular weight excluding hydrogens is 228 g/mol. The molecule has 1 aromatic rings. The highest BCUT2D eigenvalue weighted by Crippen LogP contribution is 2.12. The molecule has 0 spiro atoms. The lowest BCUT2D eigenvalue weighted by atomic mass is 10.1. The van der Waals surface area contributed by atoms with Gasteiger partial charge >= 0.3 is 0 Å². The molecule has 0 unspecified atom stereocenters. The fourth-order valence-electron chi connectivity index (χ4n) is 1.77. The van der Waals surface area contributed by atoms with Crippen molar-refractivity contribution < 1.29 is 9.90 Å². The Morgan fingerprint density at radius 2 is 2.00 bits per heavy atom. The van der Waals surface area contributed by atoms with Crippen LogP contribution in [0.2, 0.25) is 0 Å². The summed E-state index contributed by atoms with van der Waals surface area (Å²) >= 11 is 0. The third kappa shape index (κ3) is 4.75. The number of aliphatic hydroxyl groups is 1. The van der Waals surface area contributed by atoms with Crippen LogP contribution in [0.15, 0.2) is 18.2 Å². The summed E-state index contributed by atoms with van der Waals surface area (Å²) in [5.41, 5.74) is 7.85. The number of nitrogens with two attached hydrogens (primary N) is 1. The fraction of sp³-hybridized carbons (Fsp3) is 0.500. The Hall–Kier alpha value is -1.55. The van der Waals surface area contributed by atoms with Gasteiger partial charge in [-0.1, -0.05) is 18.9 Å². The smallest absolute Gasteiger partial charge is 0.251 e. The zero-order chi connectivity index (χ0) is 13.4. The first-order chi connectivity index (χ1) is 8.65. The molecule has 0 radical (unpaired) electrons. The number of rotatable bonds is 7. The first-order valence-electron chi connectivity index (χ1n) is 6.40. The molecule has 0 aromatic heterocycles. The van der Waals surface area contributed by atoms with Crippen molar-refractivity contribution in [3.63, 3.8) is 0 Å². The number of amides is 1. The van der Waals surface area contributed by atoms with Crippen LogP contribution in [0.5, 0.6) is 0 Å². The largest absolute Gasteiger partial charge is 0.399 e. The minimum absolute atomic E-state index is 0.0676. The van der Waals surface area contributed by atoms with E-state index in [1.807, 2.05) is 13.0 Å². The van der Waals surface area contributed by atoms with Crippen molar-refractivity contribution in [3.8, 4) is 0 Å². The highest BCUT2D eigenvalue weighted by Gasteiger charge is 2.08. The minimum Gasteiger partial charge on any atom is -0.399 e. The SMILES string of the molecule is Cc1ccc(N)cc1C(=O)NCCCCCCO. The van der Waals surface area contributed by atoms with Gasteiger partial charge in [0.05, 0.1) is 0 Å². The average Bonchev–Trinajstić information content (AvgIpc) is 2.36. The van der Waals surface area contributed by atoms with Crippen LogP contribution in [0, 0.1) is 6.92 Å². The molecule has 0 bridgehead atoms. The van der Waals surface area contributed by atoms with Gasteiger partial charge in [-0.15, -0.1) is 0 Å². The van der Waals surface area contributed by atoms with Gasteiger partial charge in [-0.3, -0.25) is 4.79 Å². The summed E-state index contributed by atoms with van der Waals surface area (Å²) in [6, 6.07) is 5.35. The quantitative estimate of drug-likeness (QED) is 0.510. The molecule has 4 N–H and O–H groups in total. The molecule has 0 aliphatic rings. The molecule has 1 aromatic carbocycles. The van der Waals surface area contributed by atoms with Gasteiger partial charge in [-0.2, -0.15) is 0 Å². The minimum atomic E-state index is -0.0676. The van der Waals surface area contributed by atoms with E-state index in [0.717, 1.165) is 31.2 Å². The number of anilines is 1. The summed E-state index contributed by atoms with van der Waals surface area (Å²) in [6.07, 6.45) is 3.80. The summed E-state index contributed by atoms with van der Waals surface area (Å²) in [5.74, 6) is -0.0676. The van der Waals surface area contributed by atoms with E-state index in [0.29, 0.717) is 17.8 Å². The lowest BCUT2D eigenvalue weighted by molar-refractivity contribution is 0.0952. The number of hydrogen-bond acceptors (Lipinski definition) is 3. The van der Waals surface area contributed by atoms with E-state index in [2.05, 4.69) is 5.32 Å². The van der Waals surface area contributed by atoms with Gasteiger partial charge in [-0.25, -0.2) is 0 Å². The topological polar surface area (TPSA) is 75.4 Å². The molecule has 4 heteroatoms. The Kier molecular flexibility index (Phi) is 6.22. The number of hydrogen-bond donors (Lipinski definition) is 3. The monoisotopic (exact) mass is 250 g/mol. The number of unbranched alkanes of at least 4 members (excludes halogenated alkanes) is 3. The van der Waals surface area contributed by atoms with E-state index in [9.17, 15) is 4.79 Å². The third-order valence-corrected chi connectivity index (χ3v) is 2.88. The molecule has 0 aliphatic heterocycles. The summed E-state index contributed by atoms with van der Waals surface area (Å²) in [5, 5.41) is 11.5. The second kappa shape index (κ2) is 7.71. The van der Waals surface area contributed by atoms with Gasteiger partial charge in [-0.05, 0) is 37.5 Å². The van der Waals surface area contributed by atoms with Crippen molar-refractivity contribution in [1.29, 1.82) is 0 Å². The number of nitrogens with one attached hydrogen (secondary N) is 1. The zero-order valence-electron chi connectivity index (χ0n) is 10.9. The van der Waals surface area contributed by atoms with E-state index >= 15 is 0 Å². The molecule has 100 valence electrons. The van der Waals surface area contributed by atoms with E-state index in [1.165, 1.54) is 0 Å². The van der Waals surface area contributed by atoms with Crippen LogP contribution in [-0.4, -0.2) is 24.2 Å². The molecule has 0 atom stereocenters. The van der Waals surface area contributed by atoms with Crippen molar-refractivity contribution >= 4 is 11.6 Å². The van der Waals surface area contributed by atoms with E-state index in [1.54, 1.807) is 12.1 Å². The molecule has 0 saturated carbocycles. The van der Waals surface area contributed by atoms with E-state index < -0.39 is 0 Å². The Labute approximate surface area is 108 Å². The summed E-state index contributed by atoms with van der Waals surface area (Å²) < 4.78 is 0. The number of aryl methyl sites for hydroxylation is 1. The standard InChI is InChI=1S/C14H22N2O2/c1-11-6-7-12(15)10-13(11)14(18)16-8-4-2-3-5-9-17/h6-7,10,17H,2-5,8-9,15H2,1H3,(H,16,18). The summed E-state index contributed by atoms with van der Waals surface area (Å²) in [7, 11) is 0. The van der Waals surface area contributed by atoms with Crippen molar-refractivity contribution in [2.45, 2.75) is 32.6 Å². The highest BCUT2D eigenvalue weighted by molar-refractivity contribution is 5.96. The van der Waals surface area contributed by atoms with Gasteiger partial charge in [0.1, 0.15) is 0 Å². The molecule has 0 saturated heterocycles. The van der Waals surface area contributed by atoms with Gasteiger partial charge in [0, 0.05) is 24.4 Å². The number of carbonyl (C=O) groups is 1. The Morgan fingerprint density at radius 1 is 1.28 bits per heavy atom. The second-order valence-electron chi connectivity index (χ2n) is 4.47. The fourth-order valence-corrected chi connectivity index (χ4v) is 1.77. The Bertz CT molecular complexity index is 391. The number of aliphatic hydroxyl groups excluding tert-OH is 1. The highest BCUT2D eigenvalue weighted by atomic mass is 16.2. The molecule has 0 fully saturated rings. The first-order valence-corrected chi connectivity index (χ1v) is 6.40. The number of nitrogen functional groups attached to an aromatic ring is 1. The van der Waals surface area contributed by atoms with Gasteiger partial charge in [0.15, 0.2) is 0 Å². The second-order valence-corrected chi connectivity index (χ2v) is 4.47. The van der Waals surface area contributed by atoms with Crippen LogP contribution in [0.25, 0.3) is 0 Å². The van der Waals surface area contributed by atoms with Crippen molar-refractivity contribution in [2.24, 2.45) is 0 Å². The van der Waals surface area contributed by atoms with Crippen LogP contribution < -0.4 is 11.1 Å². The average molecular weight is 250 g/mol. The number of benzene rings is 1. The molecule has 0 aliphatic carbocycles. The van der Waals surface area contributed by atoms with Crippen LogP contribution in [0.1, 0.15) is 41.6 Å². The first kappa shape index (κ1) is 14.5. The van der Waals surface area contributed by atoms with Crippen LogP contribution in [0.3, 0.4) is 0 Å². The maximum Gasteiger partial charge on any atom is 0.251 e. The summed E-state index contributed by atoms with van der Waals surface area (Å²) in [4.78, 5) is 11.9. The summed E-state index contributed by atoms with van der Waals surface area (Å²) in [6.45, 7) is 2.81. The zero-order valence-corrected chi connectivity index (χ0v) is 10.9. The van der Waals surface area contributed by atoms with Gasteiger partial charge in [0.2, 0.25) is 0 Å². The molecule has 0 heterocycles. The lowest BCUT2D eigenvalue weighted by Gasteiger charge is -2.08. The lowest BCUT2D eigenvalue weighted by Crippen LogP contribution is -2.25. The Balaban J connectivity index is 2.34. The van der Waals surface area contributed by atoms with E-state index in [4.69, 9.17) is 10.8 Å². The van der Waals surface area contributed by atoms with Crippen LogP contribution in [0.4, 0.5) is 5.69 Å². The van der Waals surface area contributed by atoms with Crippen molar-refractivity contribution in [1.82, 2.24) is 5.32 Å². The Morgan fingerprint density at radius 3 is 2.72 bits per heavy atom. The predicted octanol–water partition coefficient (Wildman–Crippen LogP) is 1.86. The maximum atomic E-state index is 11.9.